The van der Waals surface area contributed by atoms with Gasteiger partial charge in [-0.3, -0.25) is 0 Å². The van der Waals surface area contributed by atoms with Crippen LogP contribution in [0, 0.1) is 13.5 Å². The van der Waals surface area contributed by atoms with Crippen molar-refractivity contribution in [3.05, 3.63) is 46.8 Å². The van der Waals surface area contributed by atoms with Crippen molar-refractivity contribution in [3.63, 3.8) is 0 Å². The largest absolute Gasteiger partial charge is 0.511 e. The molecule has 2 aromatic heterocycles. The Morgan fingerprint density at radius 2 is 1.80 bits per heavy atom. The minimum absolute atomic E-state index is 0. The van der Waals surface area contributed by atoms with Gasteiger partial charge >= 0.3 is 0 Å². The Kier molecular flexibility index (Phi) is 6.30. The second-order valence-electron chi connectivity index (χ2n) is 4.82. The van der Waals surface area contributed by atoms with Crippen molar-refractivity contribution in [2.75, 3.05) is 5.32 Å². The summed E-state index contributed by atoms with van der Waals surface area (Å²) in [5.74, 6) is 0.167. The Labute approximate surface area is 175 Å². The van der Waals surface area contributed by atoms with Gasteiger partial charge in [-0.25, -0.2) is 18.2 Å². The molecule has 0 atom stereocenters. The number of nitrogens with zero attached hydrogens (tertiary/aromatic N) is 4. The van der Waals surface area contributed by atoms with Gasteiger partial charge in [0, 0.05) is 43.8 Å². The number of nitrogens with one attached hydrogen (secondary N) is 1. The molecule has 1 radical (unpaired) electrons. The average molecular weight is 464 g/mol. The van der Waals surface area contributed by atoms with Gasteiger partial charge in [0.1, 0.15) is 12.1 Å². The Balaban J connectivity index is 0.00000225. The van der Waals surface area contributed by atoms with E-state index >= 15 is 0 Å². The molecule has 0 fully saturated rings. The van der Waals surface area contributed by atoms with Crippen LogP contribution in [-0.4, -0.2) is 25.8 Å². The maximum atomic E-state index is 12.6. The Morgan fingerprint density at radius 3 is 2.40 bits per heavy atom. The summed E-state index contributed by atoms with van der Waals surface area (Å²) in [6.45, 7) is 1.62. The number of aromatic nitrogens is 4. The van der Waals surface area contributed by atoms with Crippen molar-refractivity contribution in [1.29, 1.82) is 0 Å². The fourth-order valence-electron chi connectivity index (χ4n) is 2.27. The number of halogens is 5. The Hall–Kier alpha value is -0.956. The topological polar surface area (TPSA) is 55.1 Å². The number of aryl methyl sites for hydroxylation is 1. The molecule has 0 saturated carbocycles. The fraction of sp³-hybridized carbons (Fsp3) is 0.143. The fourth-order valence-corrected chi connectivity index (χ4v) is 2.86. The van der Waals surface area contributed by atoms with E-state index < -0.39 is 6.18 Å². The Bertz CT molecular complexity index is 893. The molecule has 1 aromatic carbocycles. The van der Waals surface area contributed by atoms with E-state index in [0.29, 0.717) is 16.8 Å². The van der Waals surface area contributed by atoms with Gasteiger partial charge < -0.3 is 5.32 Å². The quantitative estimate of drug-likeness (QED) is 0.579. The van der Waals surface area contributed by atoms with Crippen LogP contribution in [0.15, 0.2) is 24.5 Å². The van der Waals surface area contributed by atoms with Crippen LogP contribution in [0.5, 0.6) is 0 Å². The third kappa shape index (κ3) is 4.24. The Morgan fingerprint density at radius 1 is 1.16 bits per heavy atom. The molecule has 5 nitrogen and oxygen atoms in total. The first-order valence-corrected chi connectivity index (χ1v) is 7.36. The van der Waals surface area contributed by atoms with Crippen LogP contribution in [0.25, 0.3) is 16.9 Å². The molecule has 1 N–H and O–H groups in total. The van der Waals surface area contributed by atoms with Gasteiger partial charge in [-0.05, 0) is 19.1 Å². The monoisotopic (exact) mass is 463 g/mol. The van der Waals surface area contributed by atoms with Crippen molar-refractivity contribution in [1.82, 2.24) is 19.6 Å². The number of anilines is 1. The first-order valence-electron chi connectivity index (χ1n) is 6.60. The van der Waals surface area contributed by atoms with Crippen molar-refractivity contribution < 1.29 is 45.9 Å². The number of hydrogen-bond donors (Lipinski definition) is 1. The van der Waals surface area contributed by atoms with E-state index in [9.17, 15) is 13.2 Å². The smallest absolute Gasteiger partial charge is 0.286 e. The van der Waals surface area contributed by atoms with E-state index in [1.165, 1.54) is 6.33 Å². The third-order valence-electron chi connectivity index (χ3n) is 3.19. The van der Waals surface area contributed by atoms with Crippen molar-refractivity contribution in [3.8, 4) is 11.1 Å². The SMILES string of the molecule is Cc1nc2ncnn2c(N[CH-]C(F)(F)F)c1-c1c(Cl)cccc1Cl.[Y]. The summed E-state index contributed by atoms with van der Waals surface area (Å²) in [5.41, 5.74) is 1.08. The summed E-state index contributed by atoms with van der Waals surface area (Å²) in [5, 5.41) is 6.70. The molecule has 3 rings (SSSR count). The van der Waals surface area contributed by atoms with Crippen LogP contribution in [0.3, 0.4) is 0 Å². The zero-order valence-electron chi connectivity index (χ0n) is 12.6. The minimum atomic E-state index is -4.54. The molecule has 0 aliphatic carbocycles. The summed E-state index contributed by atoms with van der Waals surface area (Å²) in [4.78, 5) is 8.14. The molecule has 2 heterocycles. The van der Waals surface area contributed by atoms with Crippen LogP contribution in [0.4, 0.5) is 19.0 Å². The van der Waals surface area contributed by atoms with Gasteiger partial charge in [-0.15, -0.1) is 6.54 Å². The van der Waals surface area contributed by atoms with E-state index in [4.69, 9.17) is 23.2 Å². The number of alkyl halides is 3. The van der Waals surface area contributed by atoms with Crippen LogP contribution in [0.2, 0.25) is 10.0 Å². The summed E-state index contributed by atoms with van der Waals surface area (Å²) < 4.78 is 39.0. The van der Waals surface area contributed by atoms with Crippen molar-refractivity contribution in [2.24, 2.45) is 0 Å². The minimum Gasteiger partial charge on any atom is -0.511 e. The van der Waals surface area contributed by atoms with E-state index in [-0.39, 0.29) is 60.9 Å². The number of benzene rings is 1. The van der Waals surface area contributed by atoms with E-state index in [1.54, 1.807) is 25.1 Å². The van der Waals surface area contributed by atoms with E-state index in [2.05, 4.69) is 20.4 Å². The van der Waals surface area contributed by atoms with Crippen LogP contribution >= 0.6 is 23.2 Å². The third-order valence-corrected chi connectivity index (χ3v) is 3.82. The average Bonchev–Trinajstić information content (AvgIpc) is 2.93. The van der Waals surface area contributed by atoms with E-state index in [1.807, 2.05) is 0 Å². The van der Waals surface area contributed by atoms with Gasteiger partial charge in [0.2, 0.25) is 0 Å². The number of rotatable bonds is 3. The maximum absolute atomic E-state index is 12.6. The molecule has 0 saturated heterocycles. The van der Waals surface area contributed by atoms with Gasteiger partial charge in [-0.1, -0.05) is 29.3 Å². The molecule has 129 valence electrons. The predicted octanol–water partition coefficient (Wildman–Crippen LogP) is 4.54. The molecule has 0 spiro atoms. The van der Waals surface area contributed by atoms with Crippen molar-refractivity contribution in [2.45, 2.75) is 13.1 Å². The molecule has 25 heavy (non-hydrogen) atoms. The summed E-state index contributed by atoms with van der Waals surface area (Å²) in [7, 11) is 0. The molecular formula is C14H9Cl2F3N5Y-. The summed E-state index contributed by atoms with van der Waals surface area (Å²) in [6, 6.07) is 4.82. The molecule has 0 aliphatic heterocycles. The first-order chi connectivity index (χ1) is 11.3. The van der Waals surface area contributed by atoms with Gasteiger partial charge in [-0.2, -0.15) is 14.6 Å². The maximum Gasteiger partial charge on any atom is 0.286 e. The summed E-state index contributed by atoms with van der Waals surface area (Å²) >= 11 is 12.4. The predicted molar refractivity (Wildman–Crippen MR) is 85.0 cm³/mol. The molecule has 0 bridgehead atoms. The normalized spacial score (nSPS) is 11.4. The molecule has 0 amide bonds. The first kappa shape index (κ1) is 20.4. The zero-order valence-corrected chi connectivity index (χ0v) is 17.0. The van der Waals surface area contributed by atoms with Crippen molar-refractivity contribution >= 4 is 34.8 Å². The van der Waals surface area contributed by atoms with Gasteiger partial charge in [0.25, 0.3) is 12.0 Å². The molecule has 3 aromatic rings. The van der Waals surface area contributed by atoms with Crippen LogP contribution < -0.4 is 5.32 Å². The second-order valence-corrected chi connectivity index (χ2v) is 5.63. The number of fused-ring (bicyclic) bond motifs is 1. The second kappa shape index (κ2) is 7.74. The molecule has 11 heteroatoms. The van der Waals surface area contributed by atoms with E-state index in [0.717, 1.165) is 4.52 Å². The van der Waals surface area contributed by atoms with Gasteiger partial charge in [0.15, 0.2) is 0 Å². The molecule has 0 unspecified atom stereocenters. The molecular weight excluding hydrogens is 455 g/mol. The zero-order chi connectivity index (χ0) is 17.5. The summed E-state index contributed by atoms with van der Waals surface area (Å²) in [6.07, 6.45) is -3.34. The standard InChI is InChI=1S/C14H9Cl2F3N5.Y/c1-7-10(11-8(15)3-2-4-9(11)16)12(20-5-14(17,18)19)24-13(23-7)21-6-22-24;/h2-6,20H,1H3;/q-1;. The van der Waals surface area contributed by atoms with Crippen LogP contribution in [-0.2, 0) is 32.7 Å². The van der Waals surface area contributed by atoms with Crippen LogP contribution in [0.1, 0.15) is 5.69 Å². The number of hydrogen-bond acceptors (Lipinski definition) is 4. The molecule has 0 aliphatic rings. The van der Waals surface area contributed by atoms with Gasteiger partial charge in [0.05, 0.1) is 15.7 Å².